The van der Waals surface area contributed by atoms with Crippen LogP contribution < -0.4 is 40.0 Å². The molecule has 1 saturated heterocycles. The number of carboxylic acids is 1. The van der Waals surface area contributed by atoms with Crippen molar-refractivity contribution in [1.29, 1.82) is 0 Å². The molecule has 0 saturated carbocycles. The van der Waals surface area contributed by atoms with Crippen LogP contribution in [0.5, 0.6) is 0 Å². The summed E-state index contributed by atoms with van der Waals surface area (Å²) in [5, 5.41) is 23.0. The average Bonchev–Trinajstić information content (AvgIpc) is 2.82. The Morgan fingerprint density at radius 2 is 2.04 bits per heavy atom. The number of carboxylic acid groups (broad SMARTS) is 1. The van der Waals surface area contributed by atoms with Gasteiger partial charge >= 0.3 is 29.6 Å². The van der Waals surface area contributed by atoms with E-state index in [2.05, 4.69) is 5.32 Å². The van der Waals surface area contributed by atoms with Crippen molar-refractivity contribution in [2.24, 2.45) is 0 Å². The Labute approximate surface area is 163 Å². The molecule has 0 bridgehead atoms. The number of rotatable bonds is 6. The van der Waals surface area contributed by atoms with Crippen LogP contribution in [0.25, 0.3) is 0 Å². The molecule has 24 heavy (non-hydrogen) atoms. The maximum absolute atomic E-state index is 12.3. The minimum Gasteiger partial charge on any atom is -0.543 e. The summed E-state index contributed by atoms with van der Waals surface area (Å²) >= 11 is 0. The van der Waals surface area contributed by atoms with E-state index in [1.54, 1.807) is 6.92 Å². The van der Waals surface area contributed by atoms with Crippen molar-refractivity contribution in [3.8, 4) is 0 Å². The number of β-lactam (4-membered cyclic amide) rings is 1. The third kappa shape index (κ3) is 3.80. The number of carbonyl (C=O) groups is 3. The quantitative estimate of drug-likeness (QED) is 0.275. The van der Waals surface area contributed by atoms with E-state index in [1.165, 1.54) is 6.92 Å². The predicted molar refractivity (Wildman–Crippen MR) is 78.8 cm³/mol. The average molecular weight is 364 g/mol. The van der Waals surface area contributed by atoms with Gasteiger partial charge in [0.1, 0.15) is 0 Å². The summed E-state index contributed by atoms with van der Waals surface area (Å²) in [7, 11) is -1.64. The normalized spacial score (nSPS) is 22.4. The summed E-state index contributed by atoms with van der Waals surface area (Å²) in [6.45, 7) is 2.76. The van der Waals surface area contributed by atoms with Crippen LogP contribution in [-0.4, -0.2) is 56.9 Å². The molecule has 0 spiro atoms. The molecular formula is C14H17N2NaO6S. The van der Waals surface area contributed by atoms with Crippen LogP contribution in [0.15, 0.2) is 21.7 Å². The Balaban J connectivity index is 0.00000288. The van der Waals surface area contributed by atoms with Crippen molar-refractivity contribution in [3.63, 3.8) is 0 Å². The molecule has 2 amide bonds. The molecule has 2 unspecified atom stereocenters. The monoisotopic (exact) mass is 364 g/mol. The first-order chi connectivity index (χ1) is 10.8. The molecule has 2 atom stereocenters. The minimum atomic E-state index is -1.64. The first-order valence-electron chi connectivity index (χ1n) is 7.01. The first kappa shape index (κ1) is 21.0. The van der Waals surface area contributed by atoms with Crippen LogP contribution >= 0.6 is 0 Å². The molecule has 0 aromatic rings. The molecule has 10 heteroatoms. The van der Waals surface area contributed by atoms with Gasteiger partial charge in [-0.05, 0) is 12.5 Å². The van der Waals surface area contributed by atoms with E-state index in [-0.39, 0.29) is 71.4 Å². The zero-order valence-corrected chi connectivity index (χ0v) is 16.6. The number of fused-ring (bicyclic) bond motifs is 1. The Morgan fingerprint density at radius 3 is 2.54 bits per heavy atom. The summed E-state index contributed by atoms with van der Waals surface area (Å²) in [4.78, 5) is 35.5. The zero-order valence-electron chi connectivity index (χ0n) is 13.7. The molecule has 2 heterocycles. The summed E-state index contributed by atoms with van der Waals surface area (Å²) in [5.74, 6) is -2.28. The van der Waals surface area contributed by atoms with Crippen LogP contribution in [0.3, 0.4) is 0 Å². The van der Waals surface area contributed by atoms with Crippen LogP contribution in [-0.2, 0) is 25.2 Å². The Kier molecular flexibility index (Phi) is 7.36. The number of aliphatic hydroxyl groups excluding tert-OH is 1. The van der Waals surface area contributed by atoms with Gasteiger partial charge in [-0.25, -0.2) is 0 Å². The van der Waals surface area contributed by atoms with Gasteiger partial charge in [0.15, 0.2) is 0 Å². The van der Waals surface area contributed by atoms with Gasteiger partial charge in [-0.3, -0.25) is 18.7 Å². The number of amides is 2. The van der Waals surface area contributed by atoms with Crippen molar-refractivity contribution in [2.75, 3.05) is 18.9 Å². The van der Waals surface area contributed by atoms with E-state index in [0.29, 0.717) is 11.1 Å². The fourth-order valence-electron chi connectivity index (χ4n) is 2.74. The molecule has 8 nitrogen and oxygen atoms in total. The molecule has 1 fully saturated rings. The smallest absolute Gasteiger partial charge is 0.543 e. The van der Waals surface area contributed by atoms with Gasteiger partial charge in [-0.1, -0.05) is 0 Å². The maximum Gasteiger partial charge on any atom is 1.00 e. The van der Waals surface area contributed by atoms with E-state index >= 15 is 0 Å². The van der Waals surface area contributed by atoms with Gasteiger partial charge < -0.3 is 20.3 Å². The van der Waals surface area contributed by atoms with Crippen LogP contribution in [0.1, 0.15) is 20.3 Å². The Bertz CT molecular complexity index is 672. The van der Waals surface area contributed by atoms with Crippen molar-refractivity contribution in [2.45, 2.75) is 26.3 Å². The fraction of sp³-hybridized carbons (Fsp3) is 0.500. The van der Waals surface area contributed by atoms with Gasteiger partial charge in [-0.15, -0.1) is 0 Å². The van der Waals surface area contributed by atoms with E-state index in [0.717, 1.165) is 4.90 Å². The number of nitrogens with one attached hydrogen (secondary N) is 1. The van der Waals surface area contributed by atoms with Crippen molar-refractivity contribution in [3.05, 3.63) is 21.7 Å². The third-order valence-electron chi connectivity index (χ3n) is 3.80. The topological polar surface area (TPSA) is 127 Å². The number of hydrogen-bond donors (Lipinski definition) is 2. The summed E-state index contributed by atoms with van der Waals surface area (Å²) in [6, 6.07) is -0.512. The van der Waals surface area contributed by atoms with E-state index in [1.807, 2.05) is 0 Å². The predicted octanol–water partition coefficient (Wildman–Crippen LogP) is -5.24. The largest absolute Gasteiger partial charge is 1.00 e. The number of aliphatic hydroxyl groups is 1. The van der Waals surface area contributed by atoms with Crippen molar-refractivity contribution < 1.29 is 58.4 Å². The van der Waals surface area contributed by atoms with Crippen LogP contribution in [0, 0.1) is 0 Å². The molecule has 2 aliphatic heterocycles. The second-order valence-electron chi connectivity index (χ2n) is 5.34. The SMILES string of the molecule is CC(=O)NCCS(=O)C1=C(C(=O)[O-])N2C(=O)/C(=C(\C)CO)C2C1.[Na+]. The standard InChI is InChI=1S/C14H18N2O6S.Na/c1-7(6-17)11-9-5-10(23(22)4-3-15-8(2)18)12(14(20)21)16(9)13(11)19;/h9,17H,3-6H2,1-2H3,(H,15,18)(H,20,21);/q;+1/p-1/b11-7+;. The van der Waals surface area contributed by atoms with Gasteiger partial charge in [0.05, 0.1) is 35.1 Å². The molecular weight excluding hydrogens is 347 g/mol. The van der Waals surface area contributed by atoms with E-state index in [4.69, 9.17) is 5.11 Å². The third-order valence-corrected chi connectivity index (χ3v) is 5.29. The number of hydrogen-bond acceptors (Lipinski definition) is 6. The summed E-state index contributed by atoms with van der Waals surface area (Å²) in [6.07, 6.45) is 0.133. The van der Waals surface area contributed by atoms with E-state index in [9.17, 15) is 23.7 Å². The van der Waals surface area contributed by atoms with Crippen molar-refractivity contribution in [1.82, 2.24) is 10.2 Å². The number of nitrogens with zero attached hydrogens (tertiary/aromatic N) is 1. The molecule has 0 aliphatic carbocycles. The second kappa shape index (κ2) is 8.39. The summed E-state index contributed by atoms with van der Waals surface area (Å²) < 4.78 is 12.3. The maximum atomic E-state index is 12.3. The molecule has 126 valence electrons. The number of aliphatic carboxylic acids is 1. The van der Waals surface area contributed by atoms with Gasteiger partial charge in [0.25, 0.3) is 5.91 Å². The molecule has 0 aromatic heterocycles. The molecule has 0 aromatic carbocycles. The van der Waals surface area contributed by atoms with E-state index < -0.39 is 28.7 Å². The zero-order chi connectivity index (χ0) is 17.3. The fourth-order valence-corrected chi connectivity index (χ4v) is 4.02. The minimum absolute atomic E-state index is 0. The Morgan fingerprint density at radius 1 is 1.42 bits per heavy atom. The van der Waals surface area contributed by atoms with Crippen LogP contribution in [0.2, 0.25) is 0 Å². The second-order valence-corrected chi connectivity index (χ2v) is 6.93. The molecule has 2 aliphatic rings. The molecule has 2 rings (SSSR count). The van der Waals surface area contributed by atoms with Crippen LogP contribution in [0.4, 0.5) is 0 Å². The van der Waals surface area contributed by atoms with Gasteiger partial charge in [-0.2, -0.15) is 0 Å². The molecule has 0 radical (unpaired) electrons. The van der Waals surface area contributed by atoms with Gasteiger partial charge in [0, 0.05) is 36.1 Å². The first-order valence-corrected chi connectivity index (χ1v) is 8.32. The van der Waals surface area contributed by atoms with Crippen molar-refractivity contribution >= 4 is 28.6 Å². The molecule has 2 N–H and O–H groups in total. The summed E-state index contributed by atoms with van der Waals surface area (Å²) in [5.41, 5.74) is 0.481. The number of carbonyl (C=O) groups excluding carboxylic acids is 3. The van der Waals surface area contributed by atoms with Gasteiger partial charge in [0.2, 0.25) is 5.91 Å². The Hall–Kier alpha value is -1.00.